The van der Waals surface area contributed by atoms with E-state index in [1.54, 1.807) is 0 Å². The minimum atomic E-state index is 0.448. The summed E-state index contributed by atoms with van der Waals surface area (Å²) >= 11 is 0. The normalized spacial score (nSPS) is 22.2. The van der Waals surface area contributed by atoms with Crippen molar-refractivity contribution in [2.75, 3.05) is 0 Å². The molecule has 1 nitrogen and oxygen atoms in total. The van der Waals surface area contributed by atoms with Crippen molar-refractivity contribution < 1.29 is 0 Å². The van der Waals surface area contributed by atoms with Gasteiger partial charge in [-0.15, -0.1) is 0 Å². The van der Waals surface area contributed by atoms with E-state index < -0.39 is 0 Å². The average Bonchev–Trinajstić information content (AvgIpc) is 3.17. The summed E-state index contributed by atoms with van der Waals surface area (Å²) in [5, 5.41) is 1.28. The topological polar surface area (TPSA) is 12.9 Å². The molecule has 2 saturated carbocycles. The first-order valence-corrected chi connectivity index (χ1v) is 6.08. The second-order valence-electron chi connectivity index (χ2n) is 5.13. The number of nitrogens with zero attached hydrogens (tertiary/aromatic N) is 1. The molecule has 1 aromatic carbocycles. The van der Waals surface area contributed by atoms with Gasteiger partial charge in [-0.3, -0.25) is 4.98 Å². The molecule has 2 aliphatic carbocycles. The average molecular weight is 208 g/mol. The van der Waals surface area contributed by atoms with Crippen molar-refractivity contribution >= 4 is 10.9 Å². The highest BCUT2D eigenvalue weighted by Gasteiger charge is 2.54. The van der Waals surface area contributed by atoms with Gasteiger partial charge in [-0.1, -0.05) is 12.1 Å². The van der Waals surface area contributed by atoms with Crippen LogP contribution in [0.3, 0.4) is 0 Å². The third kappa shape index (κ3) is 1.14. The van der Waals surface area contributed by atoms with Crippen molar-refractivity contribution in [1.29, 1.82) is 0 Å². The van der Waals surface area contributed by atoms with Gasteiger partial charge in [0.05, 0.1) is 5.52 Å². The Morgan fingerprint density at radius 1 is 1.19 bits per heavy atom. The molecule has 79 valence electrons. The van der Waals surface area contributed by atoms with Gasteiger partial charge in [-0.2, -0.15) is 0 Å². The standard InChI is InChI=1S/C15H14N/c1-2-11-10-13(5-6-14(11)16-9-1)15(7-8-15)12-3-4-12/h1-2,5-7,9-10,12H,3-4,8H2. The zero-order valence-electron chi connectivity index (χ0n) is 9.19. The van der Waals surface area contributed by atoms with Crippen LogP contribution < -0.4 is 0 Å². The van der Waals surface area contributed by atoms with Crippen LogP contribution in [0.5, 0.6) is 0 Å². The fourth-order valence-corrected chi connectivity index (χ4v) is 2.88. The van der Waals surface area contributed by atoms with E-state index in [9.17, 15) is 0 Å². The fourth-order valence-electron chi connectivity index (χ4n) is 2.88. The van der Waals surface area contributed by atoms with Crippen LogP contribution in [0.4, 0.5) is 0 Å². The molecule has 2 aromatic rings. The predicted octanol–water partition coefficient (Wildman–Crippen LogP) is 3.49. The summed E-state index contributed by atoms with van der Waals surface area (Å²) in [6, 6.07) is 11.0. The number of benzene rings is 1. The Morgan fingerprint density at radius 3 is 2.81 bits per heavy atom. The highest BCUT2D eigenvalue weighted by Crippen LogP contribution is 2.61. The molecule has 1 heterocycles. The number of aromatic nitrogens is 1. The first-order chi connectivity index (χ1) is 7.88. The molecular formula is C15H14N. The molecule has 1 radical (unpaired) electrons. The molecule has 0 aliphatic heterocycles. The summed E-state index contributed by atoms with van der Waals surface area (Å²) in [5.74, 6) is 0.932. The lowest BCUT2D eigenvalue weighted by Crippen LogP contribution is -2.08. The van der Waals surface area contributed by atoms with Crippen LogP contribution in [0.25, 0.3) is 10.9 Å². The molecule has 4 rings (SSSR count). The summed E-state index contributed by atoms with van der Waals surface area (Å²) < 4.78 is 0. The predicted molar refractivity (Wildman–Crippen MR) is 65.1 cm³/mol. The van der Waals surface area contributed by atoms with E-state index in [0.29, 0.717) is 5.41 Å². The summed E-state index contributed by atoms with van der Waals surface area (Å²) in [4.78, 5) is 4.38. The van der Waals surface area contributed by atoms with E-state index in [2.05, 4.69) is 35.7 Å². The number of hydrogen-bond donors (Lipinski definition) is 0. The van der Waals surface area contributed by atoms with Crippen LogP contribution in [0.15, 0.2) is 36.5 Å². The van der Waals surface area contributed by atoms with Gasteiger partial charge >= 0.3 is 0 Å². The lowest BCUT2D eigenvalue weighted by molar-refractivity contribution is 0.621. The largest absolute Gasteiger partial charge is 0.256 e. The van der Waals surface area contributed by atoms with Gasteiger partial charge in [-0.25, -0.2) is 0 Å². The summed E-state index contributed by atoms with van der Waals surface area (Å²) in [6.07, 6.45) is 8.47. The monoisotopic (exact) mass is 208 g/mol. The third-order valence-electron chi connectivity index (χ3n) is 4.09. The number of pyridine rings is 1. The maximum Gasteiger partial charge on any atom is 0.0702 e. The van der Waals surface area contributed by atoms with Crippen molar-refractivity contribution in [3.05, 3.63) is 48.5 Å². The molecule has 0 spiro atoms. The van der Waals surface area contributed by atoms with Gasteiger partial charge in [0.2, 0.25) is 0 Å². The molecule has 0 saturated heterocycles. The quantitative estimate of drug-likeness (QED) is 0.736. The summed E-state index contributed by atoms with van der Waals surface area (Å²) in [7, 11) is 0. The molecule has 0 bridgehead atoms. The Hall–Kier alpha value is -1.37. The zero-order valence-corrected chi connectivity index (χ0v) is 9.19. The number of hydrogen-bond acceptors (Lipinski definition) is 1. The van der Waals surface area contributed by atoms with Crippen LogP contribution in [0.2, 0.25) is 0 Å². The SMILES string of the molecule is [CH]1CC1(c1ccc2ncccc2c1)C1CC1. The molecular weight excluding hydrogens is 194 g/mol. The Kier molecular flexibility index (Phi) is 1.56. The van der Waals surface area contributed by atoms with Gasteiger partial charge in [0.25, 0.3) is 0 Å². The third-order valence-corrected chi connectivity index (χ3v) is 4.09. The van der Waals surface area contributed by atoms with Crippen LogP contribution in [0.1, 0.15) is 24.8 Å². The lowest BCUT2D eigenvalue weighted by Gasteiger charge is -2.14. The molecule has 0 N–H and O–H groups in total. The molecule has 0 amide bonds. The molecule has 2 aliphatic rings. The van der Waals surface area contributed by atoms with Crippen molar-refractivity contribution in [3.8, 4) is 0 Å². The maximum absolute atomic E-state index is 4.38. The van der Waals surface area contributed by atoms with Gasteiger partial charge in [0.15, 0.2) is 0 Å². The van der Waals surface area contributed by atoms with Gasteiger partial charge in [0.1, 0.15) is 0 Å². The van der Waals surface area contributed by atoms with E-state index in [1.165, 1.54) is 30.2 Å². The van der Waals surface area contributed by atoms with E-state index in [0.717, 1.165) is 11.4 Å². The first-order valence-electron chi connectivity index (χ1n) is 6.08. The summed E-state index contributed by atoms with van der Waals surface area (Å²) in [5.41, 5.74) is 3.07. The highest BCUT2D eigenvalue weighted by atomic mass is 14.6. The van der Waals surface area contributed by atoms with E-state index in [-0.39, 0.29) is 0 Å². The molecule has 1 atom stereocenters. The Balaban J connectivity index is 1.86. The van der Waals surface area contributed by atoms with E-state index in [1.807, 2.05) is 12.3 Å². The lowest BCUT2D eigenvalue weighted by atomic mass is 9.90. The molecule has 2 fully saturated rings. The van der Waals surface area contributed by atoms with Crippen LogP contribution in [-0.4, -0.2) is 4.98 Å². The Morgan fingerprint density at radius 2 is 2.06 bits per heavy atom. The van der Waals surface area contributed by atoms with Crippen LogP contribution in [-0.2, 0) is 5.41 Å². The van der Waals surface area contributed by atoms with Gasteiger partial charge in [-0.05, 0) is 55.4 Å². The van der Waals surface area contributed by atoms with E-state index in [4.69, 9.17) is 0 Å². The molecule has 1 aromatic heterocycles. The fraction of sp³-hybridized carbons (Fsp3) is 0.333. The van der Waals surface area contributed by atoms with Crippen LogP contribution in [0, 0.1) is 12.3 Å². The minimum Gasteiger partial charge on any atom is -0.256 e. The Bertz CT molecular complexity index is 550. The molecule has 1 heteroatoms. The first kappa shape index (κ1) is 8.74. The van der Waals surface area contributed by atoms with Crippen molar-refractivity contribution in [1.82, 2.24) is 4.98 Å². The second kappa shape index (κ2) is 2.85. The van der Waals surface area contributed by atoms with Crippen molar-refractivity contribution in [2.45, 2.75) is 24.7 Å². The minimum absolute atomic E-state index is 0.448. The van der Waals surface area contributed by atoms with Crippen molar-refractivity contribution in [3.63, 3.8) is 0 Å². The molecule has 1 unspecified atom stereocenters. The maximum atomic E-state index is 4.38. The van der Waals surface area contributed by atoms with Gasteiger partial charge in [0, 0.05) is 17.0 Å². The smallest absolute Gasteiger partial charge is 0.0702 e. The number of fused-ring (bicyclic) bond motifs is 1. The van der Waals surface area contributed by atoms with E-state index >= 15 is 0 Å². The van der Waals surface area contributed by atoms with Crippen LogP contribution >= 0.6 is 0 Å². The van der Waals surface area contributed by atoms with Gasteiger partial charge < -0.3 is 0 Å². The molecule has 16 heavy (non-hydrogen) atoms. The number of rotatable bonds is 2. The zero-order chi connectivity index (χ0) is 10.6. The highest BCUT2D eigenvalue weighted by molar-refractivity contribution is 5.79. The Labute approximate surface area is 95.5 Å². The van der Waals surface area contributed by atoms with Crippen molar-refractivity contribution in [2.24, 2.45) is 5.92 Å². The second-order valence-corrected chi connectivity index (χ2v) is 5.13. The summed E-state index contributed by atoms with van der Waals surface area (Å²) in [6.45, 7) is 0.